The molecule has 1 aromatic heterocycles. The van der Waals surface area contributed by atoms with Crippen LogP contribution in [0.1, 0.15) is 28.7 Å². The van der Waals surface area contributed by atoms with Gasteiger partial charge in [-0.05, 0) is 61.2 Å². The van der Waals surface area contributed by atoms with Gasteiger partial charge in [0.05, 0.1) is 6.61 Å². The number of hydrogen-bond acceptors (Lipinski definition) is 7. The molecule has 0 bridgehead atoms. The third-order valence-corrected chi connectivity index (χ3v) is 5.94. The second-order valence-electron chi connectivity index (χ2n) is 6.92. The van der Waals surface area contributed by atoms with E-state index in [1.54, 1.807) is 0 Å². The minimum absolute atomic E-state index is 0.290. The quantitative estimate of drug-likeness (QED) is 0.251. The van der Waals surface area contributed by atoms with Crippen LogP contribution in [0.2, 0.25) is 0 Å². The van der Waals surface area contributed by atoms with Crippen molar-refractivity contribution in [3.8, 4) is 11.5 Å². The molecule has 0 aliphatic heterocycles. The maximum absolute atomic E-state index is 10.4. The second kappa shape index (κ2) is 11.4. The molecule has 3 aromatic rings. The Morgan fingerprint density at radius 1 is 1.10 bits per heavy atom. The molecule has 1 unspecified atom stereocenters. The lowest BCUT2D eigenvalue weighted by atomic mass is 10.1. The number of aryl methyl sites for hydroxylation is 2. The zero-order chi connectivity index (χ0) is 21.3. The maximum atomic E-state index is 10.4. The molecule has 7 nitrogen and oxygen atoms in total. The molecule has 0 fully saturated rings. The molecular weight excluding hydrogens is 421 g/mol. The van der Waals surface area contributed by atoms with Crippen molar-refractivity contribution < 1.29 is 18.4 Å². The van der Waals surface area contributed by atoms with Crippen LogP contribution in [0.5, 0.6) is 0 Å². The van der Waals surface area contributed by atoms with Crippen LogP contribution in [0.25, 0.3) is 11.5 Å². The van der Waals surface area contributed by atoms with Crippen LogP contribution in [-0.2, 0) is 21.4 Å². The molecule has 1 heterocycles. The summed E-state index contributed by atoms with van der Waals surface area (Å²) in [5, 5.41) is 12.2. The number of rotatable bonds is 11. The van der Waals surface area contributed by atoms with E-state index in [-0.39, 0.29) is 0 Å². The summed E-state index contributed by atoms with van der Waals surface area (Å²) >= 11 is 1.52. The summed E-state index contributed by atoms with van der Waals surface area (Å²) in [5.41, 5.74) is 5.73. The van der Waals surface area contributed by atoms with Gasteiger partial charge in [0.2, 0.25) is 5.89 Å². The van der Waals surface area contributed by atoms with Crippen molar-refractivity contribution in [2.45, 2.75) is 37.8 Å². The number of aromatic nitrogens is 2. The summed E-state index contributed by atoms with van der Waals surface area (Å²) < 4.78 is 20.9. The topological polar surface area (TPSA) is 97.5 Å². The molecule has 0 saturated carbocycles. The average molecular weight is 447 g/mol. The van der Waals surface area contributed by atoms with Gasteiger partial charge in [-0.1, -0.05) is 42.1 Å². The lowest BCUT2D eigenvalue weighted by Gasteiger charge is -2.06. The van der Waals surface area contributed by atoms with Crippen LogP contribution < -0.4 is 5.32 Å². The molecule has 1 atom stereocenters. The van der Waals surface area contributed by atoms with Crippen LogP contribution >= 0.6 is 20.0 Å². The van der Waals surface area contributed by atoms with E-state index < -0.39 is 8.25 Å². The Morgan fingerprint density at radius 2 is 1.87 bits per heavy atom. The van der Waals surface area contributed by atoms with E-state index >= 15 is 0 Å². The third kappa shape index (κ3) is 7.07. The number of hydrogen-bond donors (Lipinski definition) is 2. The predicted octanol–water partition coefficient (Wildman–Crippen LogP) is 4.52. The van der Waals surface area contributed by atoms with Gasteiger partial charge in [-0.2, -0.15) is 0 Å². The molecule has 9 heteroatoms. The maximum Gasteiger partial charge on any atom is 0.316 e. The molecule has 0 saturated heterocycles. The van der Waals surface area contributed by atoms with E-state index in [4.69, 9.17) is 9.31 Å². The Kier molecular flexibility index (Phi) is 8.66. The first-order valence-corrected chi connectivity index (χ1v) is 11.9. The first-order valence-electron chi connectivity index (χ1n) is 9.69. The number of benzene rings is 2. The van der Waals surface area contributed by atoms with Gasteiger partial charge >= 0.3 is 8.25 Å². The highest BCUT2D eigenvalue weighted by molar-refractivity contribution is 7.98. The summed E-state index contributed by atoms with van der Waals surface area (Å²) in [6, 6.07) is 14.5. The lowest BCUT2D eigenvalue weighted by molar-refractivity contribution is 0.276. The van der Waals surface area contributed by atoms with E-state index in [1.807, 2.05) is 6.07 Å². The van der Waals surface area contributed by atoms with Gasteiger partial charge in [0.25, 0.3) is 5.22 Å². The fraction of sp³-hybridized carbons (Fsp3) is 0.333. The third-order valence-electron chi connectivity index (χ3n) is 4.60. The van der Waals surface area contributed by atoms with Gasteiger partial charge in [0, 0.05) is 17.9 Å². The van der Waals surface area contributed by atoms with Crippen molar-refractivity contribution >= 4 is 20.0 Å². The monoisotopic (exact) mass is 447 g/mol. The first-order chi connectivity index (χ1) is 14.5. The standard InChI is InChI=1S/C21H26N3O4PS/c1-15-4-9-19(12-16(15)2)20-23-24-21(28-20)30-14-18-7-5-17(6-8-18)13-22-10-3-11-27-29(25)26/h4-9,12,22,29H,3,10-11,13-14H2,1-2H3,(H,25,26). The number of nitrogens with zero attached hydrogens (tertiary/aromatic N) is 2. The summed E-state index contributed by atoms with van der Waals surface area (Å²) in [7, 11) is -2.81. The van der Waals surface area contributed by atoms with E-state index in [1.165, 1.54) is 34.0 Å². The number of thioether (sulfide) groups is 1. The molecule has 0 aliphatic rings. The van der Waals surface area contributed by atoms with E-state index in [9.17, 15) is 4.57 Å². The Balaban J connectivity index is 1.43. The fourth-order valence-corrected chi connectivity index (χ4v) is 3.78. The smallest absolute Gasteiger partial charge is 0.316 e. The van der Waals surface area contributed by atoms with Crippen molar-refractivity contribution in [3.63, 3.8) is 0 Å². The van der Waals surface area contributed by atoms with Crippen molar-refractivity contribution in [1.82, 2.24) is 15.5 Å². The molecular formula is C21H26N3O4PS. The van der Waals surface area contributed by atoms with Gasteiger partial charge in [-0.15, -0.1) is 10.2 Å². The SMILES string of the molecule is Cc1ccc(-c2nnc(SCc3ccc(CNCCCO[PH](=O)O)cc3)o2)cc1C. The van der Waals surface area contributed by atoms with Crippen LogP contribution in [0, 0.1) is 13.8 Å². The second-order valence-corrected chi connectivity index (χ2v) is 8.67. The van der Waals surface area contributed by atoms with Gasteiger partial charge in [-0.25, -0.2) is 0 Å². The average Bonchev–Trinajstić information content (AvgIpc) is 3.21. The van der Waals surface area contributed by atoms with Gasteiger partial charge in [0.1, 0.15) is 0 Å². The molecule has 30 heavy (non-hydrogen) atoms. The zero-order valence-electron chi connectivity index (χ0n) is 17.1. The minimum Gasteiger partial charge on any atom is -0.411 e. The highest BCUT2D eigenvalue weighted by Crippen LogP contribution is 2.27. The van der Waals surface area contributed by atoms with Crippen molar-refractivity contribution in [1.29, 1.82) is 0 Å². The van der Waals surface area contributed by atoms with E-state index in [0.717, 1.165) is 24.4 Å². The van der Waals surface area contributed by atoms with E-state index in [2.05, 4.69) is 70.3 Å². The predicted molar refractivity (Wildman–Crippen MR) is 119 cm³/mol. The van der Waals surface area contributed by atoms with Gasteiger partial charge in [-0.3, -0.25) is 4.57 Å². The van der Waals surface area contributed by atoms with Crippen molar-refractivity contribution in [3.05, 3.63) is 64.7 Å². The fourth-order valence-electron chi connectivity index (χ4n) is 2.75. The summed E-state index contributed by atoms with van der Waals surface area (Å²) in [6.45, 7) is 5.91. The Hall–Kier alpha value is -1.96. The Bertz CT molecular complexity index is 979. The summed E-state index contributed by atoms with van der Waals surface area (Å²) in [4.78, 5) is 8.59. The molecule has 0 aliphatic carbocycles. The lowest BCUT2D eigenvalue weighted by Crippen LogP contribution is -2.15. The van der Waals surface area contributed by atoms with Gasteiger partial charge < -0.3 is 19.2 Å². The van der Waals surface area contributed by atoms with Gasteiger partial charge in [0.15, 0.2) is 0 Å². The molecule has 3 rings (SSSR count). The normalized spacial score (nSPS) is 12.2. The highest BCUT2D eigenvalue weighted by atomic mass is 32.2. The van der Waals surface area contributed by atoms with E-state index in [0.29, 0.717) is 24.1 Å². The molecule has 160 valence electrons. The first kappa shape index (κ1) is 22.7. The molecule has 0 spiro atoms. The molecule has 2 N–H and O–H groups in total. The van der Waals surface area contributed by atoms with Crippen LogP contribution in [-0.4, -0.2) is 28.2 Å². The highest BCUT2D eigenvalue weighted by Gasteiger charge is 2.10. The summed E-state index contributed by atoms with van der Waals surface area (Å²) in [6.07, 6.45) is 0.694. The van der Waals surface area contributed by atoms with Crippen LogP contribution in [0.3, 0.4) is 0 Å². The Labute approximate surface area is 181 Å². The van der Waals surface area contributed by atoms with Crippen LogP contribution in [0.4, 0.5) is 0 Å². The van der Waals surface area contributed by atoms with Crippen molar-refractivity contribution in [2.24, 2.45) is 0 Å². The largest absolute Gasteiger partial charge is 0.411 e. The summed E-state index contributed by atoms with van der Waals surface area (Å²) in [5.74, 6) is 1.29. The molecule has 2 aromatic carbocycles. The minimum atomic E-state index is -2.81. The number of nitrogens with one attached hydrogen (secondary N) is 1. The van der Waals surface area contributed by atoms with Crippen LogP contribution in [0.15, 0.2) is 52.1 Å². The molecule has 0 amide bonds. The Morgan fingerprint density at radius 3 is 2.60 bits per heavy atom. The molecule has 0 radical (unpaired) electrons. The van der Waals surface area contributed by atoms with Crippen molar-refractivity contribution in [2.75, 3.05) is 13.2 Å². The zero-order valence-corrected chi connectivity index (χ0v) is 18.9.